The second-order valence-corrected chi connectivity index (χ2v) is 5.41. The topological polar surface area (TPSA) is 75.6 Å². The quantitative estimate of drug-likeness (QED) is 0.844. The van der Waals surface area contributed by atoms with Crippen LogP contribution in [-0.4, -0.2) is 64.9 Å². The van der Waals surface area contributed by atoms with Crippen LogP contribution >= 0.6 is 0 Å². The first-order valence-corrected chi connectivity index (χ1v) is 7.67. The molecule has 2 amide bonds. The zero-order chi connectivity index (χ0) is 16.9. The van der Waals surface area contributed by atoms with Crippen LogP contribution in [-0.2, 0) is 0 Å². The lowest BCUT2D eigenvalue weighted by molar-refractivity contribution is 0.0532. The fourth-order valence-electron chi connectivity index (χ4n) is 2.62. The van der Waals surface area contributed by atoms with Crippen LogP contribution < -0.4 is 4.74 Å². The fraction of sp³-hybridized carbons (Fsp3) is 0.294. The summed E-state index contributed by atoms with van der Waals surface area (Å²) in [5, 5.41) is 0. The molecule has 1 aliphatic rings. The van der Waals surface area contributed by atoms with Crippen molar-refractivity contribution in [2.45, 2.75) is 0 Å². The molecule has 1 saturated heterocycles. The van der Waals surface area contributed by atoms with Crippen molar-refractivity contribution < 1.29 is 14.3 Å². The molecular weight excluding hydrogens is 308 g/mol. The Morgan fingerprint density at radius 2 is 1.75 bits per heavy atom. The average molecular weight is 326 g/mol. The number of hydrogen-bond acceptors (Lipinski definition) is 5. The highest BCUT2D eigenvalue weighted by atomic mass is 16.5. The van der Waals surface area contributed by atoms with Gasteiger partial charge in [0.2, 0.25) is 0 Å². The lowest BCUT2D eigenvalue weighted by Gasteiger charge is -2.34. The number of ether oxygens (including phenoxy) is 1. The highest BCUT2D eigenvalue weighted by molar-refractivity contribution is 5.95. The molecule has 0 atom stereocenters. The minimum absolute atomic E-state index is 0.0551. The lowest BCUT2D eigenvalue weighted by atomic mass is 10.1. The molecular formula is C17H18N4O3. The summed E-state index contributed by atoms with van der Waals surface area (Å²) in [5.74, 6) is 0.439. The number of carbonyl (C=O) groups is 2. The van der Waals surface area contributed by atoms with Crippen molar-refractivity contribution in [3.8, 4) is 5.75 Å². The summed E-state index contributed by atoms with van der Waals surface area (Å²) in [6.07, 6.45) is 4.48. The summed E-state index contributed by atoms with van der Waals surface area (Å²) in [6.45, 7) is 1.93. The molecule has 24 heavy (non-hydrogen) atoms. The second-order valence-electron chi connectivity index (χ2n) is 5.41. The smallest absolute Gasteiger partial charge is 0.274 e. The molecule has 3 rings (SSSR count). The second kappa shape index (κ2) is 7.08. The molecule has 2 heterocycles. The maximum atomic E-state index is 12.6. The normalized spacial score (nSPS) is 14.4. The molecule has 0 aliphatic carbocycles. The van der Waals surface area contributed by atoms with Gasteiger partial charge in [0.15, 0.2) is 0 Å². The van der Waals surface area contributed by atoms with Gasteiger partial charge in [0.1, 0.15) is 11.4 Å². The van der Waals surface area contributed by atoms with Gasteiger partial charge < -0.3 is 14.5 Å². The van der Waals surface area contributed by atoms with Gasteiger partial charge in [-0.15, -0.1) is 0 Å². The van der Waals surface area contributed by atoms with Crippen LogP contribution in [0.4, 0.5) is 0 Å². The van der Waals surface area contributed by atoms with Crippen LogP contribution in [0.2, 0.25) is 0 Å². The number of carbonyl (C=O) groups excluding carboxylic acids is 2. The third-order valence-corrected chi connectivity index (χ3v) is 3.95. The molecule has 0 bridgehead atoms. The Morgan fingerprint density at radius 1 is 1.04 bits per heavy atom. The van der Waals surface area contributed by atoms with E-state index in [0.717, 1.165) is 0 Å². The molecule has 0 unspecified atom stereocenters. The van der Waals surface area contributed by atoms with Crippen LogP contribution in [0.1, 0.15) is 20.8 Å². The Labute approximate surface area is 139 Å². The molecule has 0 N–H and O–H groups in total. The van der Waals surface area contributed by atoms with Crippen molar-refractivity contribution in [2.24, 2.45) is 0 Å². The zero-order valence-electron chi connectivity index (χ0n) is 13.4. The van der Waals surface area contributed by atoms with Gasteiger partial charge in [0.25, 0.3) is 11.8 Å². The first kappa shape index (κ1) is 15.9. The Kier molecular flexibility index (Phi) is 4.69. The predicted octanol–water partition coefficient (Wildman–Crippen LogP) is 1.08. The van der Waals surface area contributed by atoms with E-state index in [-0.39, 0.29) is 11.8 Å². The molecule has 7 nitrogen and oxygen atoms in total. The minimum atomic E-state index is -0.156. The Morgan fingerprint density at radius 3 is 2.38 bits per heavy atom. The van der Waals surface area contributed by atoms with Crippen molar-refractivity contribution in [1.82, 2.24) is 19.8 Å². The molecule has 0 saturated carbocycles. The van der Waals surface area contributed by atoms with Crippen LogP contribution in [0.3, 0.4) is 0 Å². The maximum Gasteiger partial charge on any atom is 0.274 e. The fourth-order valence-corrected chi connectivity index (χ4v) is 2.62. The highest BCUT2D eigenvalue weighted by Crippen LogP contribution is 2.16. The van der Waals surface area contributed by atoms with Gasteiger partial charge in [0.05, 0.1) is 13.3 Å². The van der Waals surface area contributed by atoms with E-state index in [1.54, 1.807) is 41.2 Å². The van der Waals surface area contributed by atoms with E-state index < -0.39 is 0 Å². The van der Waals surface area contributed by atoms with E-state index in [1.165, 1.54) is 18.6 Å². The van der Waals surface area contributed by atoms with Gasteiger partial charge in [-0.25, -0.2) is 4.98 Å². The van der Waals surface area contributed by atoms with Gasteiger partial charge >= 0.3 is 0 Å². The zero-order valence-corrected chi connectivity index (χ0v) is 13.4. The number of aromatic nitrogens is 2. The summed E-state index contributed by atoms with van der Waals surface area (Å²) in [5.41, 5.74) is 0.910. The minimum Gasteiger partial charge on any atom is -0.497 e. The highest BCUT2D eigenvalue weighted by Gasteiger charge is 2.26. The van der Waals surface area contributed by atoms with Gasteiger partial charge in [-0.3, -0.25) is 14.6 Å². The summed E-state index contributed by atoms with van der Waals surface area (Å²) < 4.78 is 5.15. The van der Waals surface area contributed by atoms with Crippen molar-refractivity contribution in [2.75, 3.05) is 33.3 Å². The Bertz CT molecular complexity index is 728. The molecule has 1 fully saturated rings. The number of nitrogens with zero attached hydrogens (tertiary/aromatic N) is 4. The third-order valence-electron chi connectivity index (χ3n) is 3.95. The van der Waals surface area contributed by atoms with Gasteiger partial charge in [0, 0.05) is 44.1 Å². The molecule has 1 aromatic carbocycles. The lowest BCUT2D eigenvalue weighted by Crippen LogP contribution is -2.50. The molecule has 2 aromatic rings. The van der Waals surface area contributed by atoms with Gasteiger partial charge in [-0.2, -0.15) is 0 Å². The van der Waals surface area contributed by atoms with E-state index in [2.05, 4.69) is 9.97 Å². The standard InChI is InChI=1S/C17H18N4O3/c1-24-14-4-2-3-13(11-14)16(22)20-7-9-21(10-8-20)17(23)15-12-18-5-6-19-15/h2-6,11-12H,7-10H2,1H3. The molecule has 1 aliphatic heterocycles. The van der Waals surface area contributed by atoms with E-state index in [9.17, 15) is 9.59 Å². The number of amides is 2. The molecule has 7 heteroatoms. The van der Waals surface area contributed by atoms with Gasteiger partial charge in [-0.05, 0) is 18.2 Å². The number of benzene rings is 1. The molecule has 0 radical (unpaired) electrons. The van der Waals surface area contributed by atoms with Crippen molar-refractivity contribution in [3.05, 3.63) is 54.1 Å². The molecule has 124 valence electrons. The Hall–Kier alpha value is -2.96. The third kappa shape index (κ3) is 3.34. The van der Waals surface area contributed by atoms with E-state index in [0.29, 0.717) is 43.2 Å². The number of piperazine rings is 1. The first-order valence-electron chi connectivity index (χ1n) is 7.67. The monoisotopic (exact) mass is 326 g/mol. The van der Waals surface area contributed by atoms with Crippen molar-refractivity contribution in [1.29, 1.82) is 0 Å². The summed E-state index contributed by atoms with van der Waals surface area (Å²) in [4.78, 5) is 36.3. The summed E-state index contributed by atoms with van der Waals surface area (Å²) >= 11 is 0. The van der Waals surface area contributed by atoms with E-state index >= 15 is 0 Å². The van der Waals surface area contributed by atoms with Gasteiger partial charge in [-0.1, -0.05) is 6.07 Å². The number of hydrogen-bond donors (Lipinski definition) is 0. The van der Waals surface area contributed by atoms with Crippen molar-refractivity contribution >= 4 is 11.8 Å². The van der Waals surface area contributed by atoms with E-state index in [4.69, 9.17) is 4.74 Å². The largest absolute Gasteiger partial charge is 0.497 e. The Balaban J connectivity index is 1.62. The van der Waals surface area contributed by atoms with E-state index in [1.807, 2.05) is 0 Å². The van der Waals surface area contributed by atoms with Crippen LogP contribution in [0.25, 0.3) is 0 Å². The average Bonchev–Trinajstić information content (AvgIpc) is 2.67. The first-order chi connectivity index (χ1) is 11.7. The summed E-state index contributed by atoms with van der Waals surface area (Å²) in [7, 11) is 1.57. The van der Waals surface area contributed by atoms with Crippen molar-refractivity contribution in [3.63, 3.8) is 0 Å². The predicted molar refractivity (Wildman–Crippen MR) is 86.8 cm³/mol. The van der Waals surface area contributed by atoms with Crippen LogP contribution in [0.5, 0.6) is 5.75 Å². The van der Waals surface area contributed by atoms with Crippen LogP contribution in [0, 0.1) is 0 Å². The SMILES string of the molecule is COc1cccc(C(=O)N2CCN(C(=O)c3cnccn3)CC2)c1. The van der Waals surface area contributed by atoms with Crippen LogP contribution in [0.15, 0.2) is 42.9 Å². The number of methoxy groups -OCH3 is 1. The summed E-state index contributed by atoms with van der Waals surface area (Å²) in [6, 6.07) is 7.08. The maximum absolute atomic E-state index is 12.6. The number of rotatable bonds is 3. The molecule has 0 spiro atoms. The molecule has 1 aromatic heterocycles.